The van der Waals surface area contributed by atoms with Gasteiger partial charge in [-0.1, -0.05) is 68.2 Å². The van der Waals surface area contributed by atoms with Crippen LogP contribution >= 0.6 is 0 Å². The van der Waals surface area contributed by atoms with Crippen LogP contribution in [-0.4, -0.2) is 55.7 Å². The first kappa shape index (κ1) is 25.1. The Morgan fingerprint density at radius 3 is 2.46 bits per heavy atom. The van der Waals surface area contributed by atoms with Crippen molar-refractivity contribution < 1.29 is 39.1 Å². The maximum Gasteiger partial charge on any atom is 1.00 e. The predicted molar refractivity (Wildman–Crippen MR) is 127 cm³/mol. The molecule has 35 heavy (non-hydrogen) atoms. The second kappa shape index (κ2) is 10.7. The molecule has 0 saturated carbocycles. The van der Waals surface area contributed by atoms with Crippen LogP contribution in [0.1, 0.15) is 32.3 Å². The van der Waals surface area contributed by atoms with Gasteiger partial charge in [0.05, 0.1) is 7.11 Å². The molecule has 2 aliphatic heterocycles. The Bertz CT molecular complexity index is 1260. The van der Waals surface area contributed by atoms with Crippen LogP contribution in [0.15, 0.2) is 64.9 Å². The van der Waals surface area contributed by atoms with E-state index in [9.17, 15) is 4.79 Å². The molecule has 1 aromatic heterocycles. The summed E-state index contributed by atoms with van der Waals surface area (Å²) in [5, 5.41) is 18.1. The summed E-state index contributed by atoms with van der Waals surface area (Å²) in [7, 11) is 1.41. The zero-order chi connectivity index (χ0) is 23.7. The van der Waals surface area contributed by atoms with Gasteiger partial charge >= 0.3 is 35.5 Å². The molecule has 174 valence electrons. The van der Waals surface area contributed by atoms with Crippen molar-refractivity contribution in [2.24, 2.45) is 4.99 Å². The standard InChI is InChI=1S/C24H25N8O2.Na/c1-4-17-21(24(33)34-3)31(32-23(17)25-20(5-2)28-32)14-15-10-12-16(13-11-15)18-8-6-7-9-19(18)22-26-29-30-27-22;/h6-13,21H,4-5,14H2,1-3H3,(H-,25,26,27,28,29,30);/q-1;+1. The number of hydrogen-bond donors (Lipinski definition) is 1. The largest absolute Gasteiger partial charge is 1.00 e. The van der Waals surface area contributed by atoms with Crippen LogP contribution in [0, 0.1) is 0 Å². The molecule has 0 amide bonds. The van der Waals surface area contributed by atoms with E-state index in [4.69, 9.17) is 4.74 Å². The number of esters is 1. The Balaban J connectivity index is 0.00000289. The van der Waals surface area contributed by atoms with Crippen LogP contribution in [0.3, 0.4) is 0 Å². The average molecular weight is 481 g/mol. The Hall–Kier alpha value is -3.05. The Labute approximate surface area is 225 Å². The van der Waals surface area contributed by atoms with E-state index in [0.717, 1.165) is 45.9 Å². The number of carbonyl (C=O) groups excluding carboxylic acids is 1. The number of hydrazine groups is 1. The number of aliphatic imine (C=N–C) groups is 1. The summed E-state index contributed by atoms with van der Waals surface area (Å²) >= 11 is 0. The van der Waals surface area contributed by atoms with Crippen molar-refractivity contribution >= 4 is 11.8 Å². The van der Waals surface area contributed by atoms with Gasteiger partial charge in [-0.15, -0.1) is 10.2 Å². The van der Waals surface area contributed by atoms with Gasteiger partial charge in [0.15, 0.2) is 6.04 Å². The van der Waals surface area contributed by atoms with Gasteiger partial charge < -0.3 is 15.2 Å². The zero-order valence-electron chi connectivity index (χ0n) is 20.3. The number of carbonyl (C=O) groups is 1. The van der Waals surface area contributed by atoms with Crippen LogP contribution in [0.5, 0.6) is 0 Å². The minimum absolute atomic E-state index is 0. The van der Waals surface area contributed by atoms with Crippen molar-refractivity contribution in [1.29, 1.82) is 0 Å². The summed E-state index contributed by atoms with van der Waals surface area (Å²) in [5.41, 5.74) is 9.54. The van der Waals surface area contributed by atoms with Gasteiger partial charge in [-0.3, -0.25) is 5.12 Å². The van der Waals surface area contributed by atoms with E-state index < -0.39 is 6.04 Å². The van der Waals surface area contributed by atoms with E-state index in [1.165, 1.54) is 7.11 Å². The molecule has 5 rings (SSSR count). The number of fused-ring (bicyclic) bond motifs is 1. The Morgan fingerprint density at radius 1 is 1.09 bits per heavy atom. The number of amidine groups is 1. The minimum Gasteiger partial charge on any atom is -0.468 e. The van der Waals surface area contributed by atoms with E-state index in [2.05, 4.69) is 55.3 Å². The van der Waals surface area contributed by atoms with E-state index in [1.807, 2.05) is 43.1 Å². The molecule has 1 N–H and O–H groups in total. The van der Waals surface area contributed by atoms with E-state index >= 15 is 0 Å². The molecule has 3 aromatic rings. The van der Waals surface area contributed by atoms with E-state index in [-0.39, 0.29) is 35.5 Å². The third-order valence-corrected chi connectivity index (χ3v) is 6.04. The van der Waals surface area contributed by atoms with Crippen molar-refractivity contribution in [1.82, 2.24) is 30.8 Å². The molecule has 1 unspecified atom stereocenters. The zero-order valence-corrected chi connectivity index (χ0v) is 22.3. The first-order valence-corrected chi connectivity index (χ1v) is 11.2. The van der Waals surface area contributed by atoms with Crippen molar-refractivity contribution in [3.05, 3.63) is 70.9 Å². The molecule has 3 heterocycles. The summed E-state index contributed by atoms with van der Waals surface area (Å²) < 4.78 is 5.13. The number of H-pyrrole nitrogens is 1. The maximum atomic E-state index is 12.7. The van der Waals surface area contributed by atoms with Gasteiger partial charge in [-0.2, -0.15) is 10.2 Å². The normalized spacial score (nSPS) is 17.1. The second-order valence-corrected chi connectivity index (χ2v) is 7.97. The number of rotatable bonds is 7. The second-order valence-electron chi connectivity index (χ2n) is 7.97. The number of nitrogens with zero attached hydrogens (tertiary/aromatic N) is 7. The summed E-state index contributed by atoms with van der Waals surface area (Å²) in [6, 6.07) is 15.6. The maximum absolute atomic E-state index is 12.7. The number of hydrogen-bond acceptors (Lipinski definition) is 8. The number of nitrogens with one attached hydrogen (secondary N) is 1. The Morgan fingerprint density at radius 2 is 1.83 bits per heavy atom. The third-order valence-electron chi connectivity index (χ3n) is 6.04. The van der Waals surface area contributed by atoms with Crippen molar-refractivity contribution in [3.63, 3.8) is 0 Å². The van der Waals surface area contributed by atoms with Gasteiger partial charge in [-0.25, -0.2) is 4.79 Å². The fourth-order valence-electron chi connectivity index (χ4n) is 4.35. The molecule has 1 atom stereocenters. The van der Waals surface area contributed by atoms with Gasteiger partial charge in [0, 0.05) is 17.9 Å². The summed E-state index contributed by atoms with van der Waals surface area (Å²) in [4.78, 5) is 17.4. The number of ether oxygens (including phenoxy) is 1. The van der Waals surface area contributed by atoms with Crippen LogP contribution in [0.2, 0.25) is 0 Å². The third kappa shape index (κ3) is 4.62. The van der Waals surface area contributed by atoms with E-state index in [1.54, 1.807) is 5.12 Å². The van der Waals surface area contributed by atoms with Crippen LogP contribution in [0.25, 0.3) is 27.9 Å². The van der Waals surface area contributed by atoms with Gasteiger partial charge in [-0.05, 0) is 40.3 Å². The molecular formula is C24H25N8NaO2. The Kier molecular flexibility index (Phi) is 7.66. The summed E-state index contributed by atoms with van der Waals surface area (Å²) in [5.74, 6) is 1.72. The molecule has 0 spiro atoms. The van der Waals surface area contributed by atoms with Crippen LogP contribution < -0.4 is 29.6 Å². The molecule has 10 nitrogen and oxygen atoms in total. The molecule has 2 aliphatic rings. The molecule has 0 radical (unpaired) electrons. The van der Waals surface area contributed by atoms with Crippen molar-refractivity contribution in [2.45, 2.75) is 39.3 Å². The molecular weight excluding hydrogens is 455 g/mol. The van der Waals surface area contributed by atoms with Crippen molar-refractivity contribution in [3.8, 4) is 22.5 Å². The van der Waals surface area contributed by atoms with Crippen LogP contribution in [-0.2, 0) is 16.1 Å². The fourth-order valence-corrected chi connectivity index (χ4v) is 4.35. The van der Waals surface area contributed by atoms with Gasteiger partial charge in [0.25, 0.3) is 0 Å². The van der Waals surface area contributed by atoms with Crippen LogP contribution in [0.4, 0.5) is 0 Å². The molecule has 11 heteroatoms. The van der Waals surface area contributed by atoms with Gasteiger partial charge in [0.1, 0.15) is 0 Å². The van der Waals surface area contributed by atoms with Gasteiger partial charge in [0.2, 0.25) is 5.82 Å². The number of tetrazole rings is 1. The first-order chi connectivity index (χ1) is 16.6. The molecule has 0 bridgehead atoms. The number of aromatic amines is 1. The quantitative estimate of drug-likeness (QED) is 0.394. The fraction of sp³-hybridized carbons (Fsp3) is 0.292. The van der Waals surface area contributed by atoms with Crippen molar-refractivity contribution in [2.75, 3.05) is 7.11 Å². The molecule has 0 aliphatic carbocycles. The predicted octanol–water partition coefficient (Wildman–Crippen LogP) is 0.844. The SMILES string of the molecule is CCC1=NC2=C(CC)C(C(=O)OC)N(Cc3ccc(-c4ccccc4-c4nn[nH]n4)cc3)N2[N-]1.[Na+]. The monoisotopic (exact) mass is 480 g/mol. The first-order valence-electron chi connectivity index (χ1n) is 11.2. The molecule has 2 aromatic carbocycles. The number of benzene rings is 2. The average Bonchev–Trinajstić information content (AvgIpc) is 3.61. The number of methoxy groups -OCH3 is 1. The summed E-state index contributed by atoms with van der Waals surface area (Å²) in [6.07, 6.45) is 1.41. The van der Waals surface area contributed by atoms with E-state index in [0.29, 0.717) is 18.8 Å². The minimum atomic E-state index is -0.547. The topological polar surface area (TPSA) is 114 Å². The smallest absolute Gasteiger partial charge is 0.468 e. The summed E-state index contributed by atoms with van der Waals surface area (Å²) in [6.45, 7) is 4.52. The number of aromatic nitrogens is 4. The molecule has 0 fully saturated rings. The molecule has 0 saturated heterocycles.